The Morgan fingerprint density at radius 3 is 2.83 bits per heavy atom. The largest absolute Gasteiger partial charge is 0.480 e. The third kappa shape index (κ3) is 4.21. The van der Waals surface area contributed by atoms with E-state index in [9.17, 15) is 14.4 Å². The van der Waals surface area contributed by atoms with Gasteiger partial charge in [0.1, 0.15) is 12.6 Å². The lowest BCUT2D eigenvalue weighted by Gasteiger charge is -2.22. The Kier molecular flexibility index (Phi) is 5.37. The van der Waals surface area contributed by atoms with Crippen molar-refractivity contribution in [3.05, 3.63) is 0 Å². The highest BCUT2D eigenvalue weighted by Gasteiger charge is 2.24. The number of carboxylic acid groups (broad SMARTS) is 1. The Morgan fingerprint density at radius 2 is 2.22 bits per heavy atom. The molecule has 1 fully saturated rings. The van der Waals surface area contributed by atoms with Crippen molar-refractivity contribution in [1.82, 2.24) is 15.5 Å². The maximum atomic E-state index is 11.8. The van der Waals surface area contributed by atoms with Gasteiger partial charge in [-0.3, -0.25) is 4.79 Å². The molecule has 0 aliphatic carbocycles. The fourth-order valence-electron chi connectivity index (χ4n) is 1.61. The lowest BCUT2D eigenvalue weighted by Crippen LogP contribution is -2.49. The molecule has 4 N–H and O–H groups in total. The Morgan fingerprint density at radius 1 is 1.50 bits per heavy atom. The van der Waals surface area contributed by atoms with Crippen LogP contribution in [0.4, 0.5) is 4.79 Å². The van der Waals surface area contributed by atoms with E-state index in [0.717, 1.165) is 0 Å². The van der Waals surface area contributed by atoms with Crippen LogP contribution in [0.3, 0.4) is 0 Å². The first-order chi connectivity index (χ1) is 8.54. The minimum Gasteiger partial charge on any atom is -0.480 e. The van der Waals surface area contributed by atoms with Crippen LogP contribution in [0.2, 0.25) is 0 Å². The molecule has 0 bridgehead atoms. The molecule has 0 unspecified atom stereocenters. The molecule has 8 nitrogen and oxygen atoms in total. The van der Waals surface area contributed by atoms with Crippen LogP contribution in [0.5, 0.6) is 0 Å². The van der Waals surface area contributed by atoms with Gasteiger partial charge in [0, 0.05) is 26.1 Å². The third-order valence-corrected chi connectivity index (χ3v) is 2.56. The van der Waals surface area contributed by atoms with E-state index in [2.05, 4.69) is 10.6 Å². The van der Waals surface area contributed by atoms with Crippen molar-refractivity contribution >= 4 is 17.9 Å². The normalized spacial score (nSPS) is 17.6. The number of rotatable bonds is 4. The molecule has 8 heteroatoms. The van der Waals surface area contributed by atoms with Gasteiger partial charge in [0.25, 0.3) is 0 Å². The number of nitrogens with one attached hydrogen (secondary N) is 2. The predicted octanol–water partition coefficient (Wildman–Crippen LogP) is -1.65. The fourth-order valence-corrected chi connectivity index (χ4v) is 1.61. The fraction of sp³-hybridized carbons (Fsp3) is 0.700. The van der Waals surface area contributed by atoms with Crippen LogP contribution in [0.15, 0.2) is 0 Å². The highest BCUT2D eigenvalue weighted by molar-refractivity contribution is 5.86. The van der Waals surface area contributed by atoms with Crippen LogP contribution in [0.1, 0.15) is 12.8 Å². The van der Waals surface area contributed by atoms with Gasteiger partial charge in [-0.05, 0) is 6.42 Å². The molecule has 18 heavy (non-hydrogen) atoms. The third-order valence-electron chi connectivity index (χ3n) is 2.56. The van der Waals surface area contributed by atoms with Crippen LogP contribution in [0, 0.1) is 0 Å². The molecule has 1 aliphatic rings. The number of carbonyl (C=O) groups is 3. The summed E-state index contributed by atoms with van der Waals surface area (Å²) >= 11 is 0. The average Bonchev–Trinajstić information content (AvgIpc) is 2.53. The number of hydrogen-bond donors (Lipinski definition) is 4. The SMILES string of the molecule is O=C1CN(C(=O)N[C@H](CCO)C(=O)O)CCCN1. The van der Waals surface area contributed by atoms with Gasteiger partial charge >= 0.3 is 12.0 Å². The standard InChI is InChI=1S/C10H17N3O5/c14-5-2-7(9(16)17)12-10(18)13-4-1-3-11-8(15)6-13/h7,14H,1-6H2,(H,11,15)(H,12,18)(H,16,17)/t7-/m1/s1. The summed E-state index contributed by atoms with van der Waals surface area (Å²) in [6, 6.07) is -1.75. The van der Waals surface area contributed by atoms with Crippen LogP contribution in [-0.4, -0.2) is 65.3 Å². The van der Waals surface area contributed by atoms with E-state index >= 15 is 0 Å². The summed E-state index contributed by atoms with van der Waals surface area (Å²) in [6.07, 6.45) is 0.554. The van der Waals surface area contributed by atoms with Gasteiger partial charge < -0.3 is 25.7 Å². The van der Waals surface area contributed by atoms with Gasteiger partial charge in [0.2, 0.25) is 5.91 Å². The molecule has 0 aromatic rings. The maximum Gasteiger partial charge on any atom is 0.326 e. The minimum atomic E-state index is -1.21. The van der Waals surface area contributed by atoms with Crippen molar-refractivity contribution in [3.8, 4) is 0 Å². The van der Waals surface area contributed by atoms with E-state index in [1.54, 1.807) is 0 Å². The van der Waals surface area contributed by atoms with E-state index in [4.69, 9.17) is 10.2 Å². The van der Waals surface area contributed by atoms with Crippen molar-refractivity contribution in [2.45, 2.75) is 18.9 Å². The van der Waals surface area contributed by atoms with Crippen LogP contribution >= 0.6 is 0 Å². The van der Waals surface area contributed by atoms with Gasteiger partial charge in [-0.15, -0.1) is 0 Å². The number of nitrogens with zero attached hydrogens (tertiary/aromatic N) is 1. The topological polar surface area (TPSA) is 119 Å². The maximum absolute atomic E-state index is 11.8. The average molecular weight is 259 g/mol. The van der Waals surface area contributed by atoms with Gasteiger partial charge in [0.05, 0.1) is 0 Å². The number of amides is 3. The van der Waals surface area contributed by atoms with Crippen molar-refractivity contribution < 1.29 is 24.6 Å². The molecular weight excluding hydrogens is 242 g/mol. The second kappa shape index (κ2) is 6.80. The van der Waals surface area contributed by atoms with Gasteiger partial charge in [-0.1, -0.05) is 0 Å². The zero-order valence-corrected chi connectivity index (χ0v) is 9.89. The lowest BCUT2D eigenvalue weighted by molar-refractivity contribution is -0.139. The van der Waals surface area contributed by atoms with Gasteiger partial charge in [-0.25, -0.2) is 9.59 Å². The highest BCUT2D eigenvalue weighted by Crippen LogP contribution is 1.99. The van der Waals surface area contributed by atoms with Crippen LogP contribution in [-0.2, 0) is 9.59 Å². The minimum absolute atomic E-state index is 0.0683. The zero-order chi connectivity index (χ0) is 13.5. The second-order valence-corrected chi connectivity index (χ2v) is 3.98. The molecule has 0 aromatic heterocycles. The highest BCUT2D eigenvalue weighted by atomic mass is 16.4. The molecule has 0 radical (unpaired) electrons. The Hall–Kier alpha value is -1.83. The monoisotopic (exact) mass is 259 g/mol. The number of carbonyl (C=O) groups excluding carboxylic acids is 2. The van der Waals surface area contributed by atoms with Crippen molar-refractivity contribution in [2.75, 3.05) is 26.2 Å². The number of carboxylic acids is 1. The molecule has 1 saturated heterocycles. The van der Waals surface area contributed by atoms with Gasteiger partial charge in [0.15, 0.2) is 0 Å². The van der Waals surface area contributed by atoms with E-state index in [0.29, 0.717) is 19.5 Å². The van der Waals surface area contributed by atoms with E-state index < -0.39 is 18.0 Å². The zero-order valence-electron chi connectivity index (χ0n) is 9.89. The molecule has 3 amide bonds. The van der Waals surface area contributed by atoms with Crippen molar-refractivity contribution in [3.63, 3.8) is 0 Å². The summed E-state index contributed by atoms with van der Waals surface area (Å²) in [4.78, 5) is 35.1. The lowest BCUT2D eigenvalue weighted by atomic mass is 10.2. The number of aliphatic hydroxyl groups excluding tert-OH is 1. The van der Waals surface area contributed by atoms with Crippen molar-refractivity contribution in [1.29, 1.82) is 0 Å². The molecule has 0 saturated carbocycles. The summed E-state index contributed by atoms with van der Waals surface area (Å²) in [6.45, 7) is 0.465. The molecule has 1 rings (SSSR count). The smallest absolute Gasteiger partial charge is 0.326 e. The molecule has 102 valence electrons. The molecule has 1 aliphatic heterocycles. The summed E-state index contributed by atoms with van der Waals surface area (Å²) in [5, 5.41) is 22.4. The first kappa shape index (κ1) is 14.2. The molecule has 0 aromatic carbocycles. The number of hydrogen-bond acceptors (Lipinski definition) is 4. The summed E-state index contributed by atoms with van der Waals surface area (Å²) in [7, 11) is 0. The Balaban J connectivity index is 2.56. The molecule has 0 spiro atoms. The Bertz CT molecular complexity index is 333. The van der Waals surface area contributed by atoms with Gasteiger partial charge in [-0.2, -0.15) is 0 Å². The first-order valence-corrected chi connectivity index (χ1v) is 5.70. The van der Waals surface area contributed by atoms with E-state index in [-0.39, 0.29) is 25.5 Å². The molecule has 1 heterocycles. The predicted molar refractivity (Wildman–Crippen MR) is 60.9 cm³/mol. The number of aliphatic hydroxyl groups is 1. The second-order valence-electron chi connectivity index (χ2n) is 3.98. The summed E-state index contributed by atoms with van der Waals surface area (Å²) in [5.74, 6) is -1.48. The van der Waals surface area contributed by atoms with E-state index in [1.807, 2.05) is 0 Å². The van der Waals surface area contributed by atoms with Crippen molar-refractivity contribution in [2.24, 2.45) is 0 Å². The van der Waals surface area contributed by atoms with Crippen LogP contribution < -0.4 is 10.6 Å². The van der Waals surface area contributed by atoms with E-state index in [1.165, 1.54) is 4.90 Å². The molecule has 1 atom stereocenters. The Labute approximate surface area is 104 Å². The molecular formula is C10H17N3O5. The summed E-state index contributed by atoms with van der Waals surface area (Å²) in [5.41, 5.74) is 0. The number of aliphatic carboxylic acids is 1. The first-order valence-electron chi connectivity index (χ1n) is 5.70. The quantitative estimate of drug-likeness (QED) is 0.482. The summed E-state index contributed by atoms with van der Waals surface area (Å²) < 4.78 is 0. The van der Waals surface area contributed by atoms with Crippen LogP contribution in [0.25, 0.3) is 0 Å². The number of urea groups is 1.